The van der Waals surface area contributed by atoms with Crippen LogP contribution in [0.4, 0.5) is 5.69 Å². The van der Waals surface area contributed by atoms with Gasteiger partial charge in [-0.1, -0.05) is 0 Å². The van der Waals surface area contributed by atoms with Crippen molar-refractivity contribution in [3.63, 3.8) is 0 Å². The summed E-state index contributed by atoms with van der Waals surface area (Å²) in [5.74, 6) is 1.49. The molecule has 3 rings (SSSR count). The third-order valence-corrected chi connectivity index (χ3v) is 4.03. The smallest absolute Gasteiger partial charge is 0.255 e. The predicted molar refractivity (Wildman–Crippen MR) is 98.4 cm³/mol. The zero-order valence-corrected chi connectivity index (χ0v) is 14.4. The minimum atomic E-state index is -0.405. The number of amides is 2. The van der Waals surface area contributed by atoms with Gasteiger partial charge in [0.15, 0.2) is 0 Å². The Hall–Kier alpha value is -3.02. The zero-order chi connectivity index (χ0) is 18.4. The van der Waals surface area contributed by atoms with Gasteiger partial charge in [-0.3, -0.25) is 9.59 Å². The molecule has 2 aromatic rings. The van der Waals surface area contributed by atoms with Crippen molar-refractivity contribution >= 4 is 17.5 Å². The molecule has 0 spiro atoms. The Labute approximate surface area is 152 Å². The molecule has 2 aromatic carbocycles. The molecule has 0 bridgehead atoms. The van der Waals surface area contributed by atoms with Gasteiger partial charge >= 0.3 is 0 Å². The van der Waals surface area contributed by atoms with Gasteiger partial charge in [-0.05, 0) is 67.3 Å². The highest BCUT2D eigenvalue weighted by atomic mass is 16.5. The van der Waals surface area contributed by atoms with Crippen LogP contribution in [-0.2, 0) is 4.79 Å². The van der Waals surface area contributed by atoms with Crippen LogP contribution in [0.1, 0.15) is 29.6 Å². The number of nitrogens with two attached hydrogens (primary N) is 1. The van der Waals surface area contributed by atoms with Crippen molar-refractivity contribution in [2.45, 2.75) is 19.3 Å². The summed E-state index contributed by atoms with van der Waals surface area (Å²) in [6.45, 7) is 0.982. The molecule has 6 heteroatoms. The number of carbonyl (C=O) groups excluding carboxylic acids is 2. The molecule has 1 aliphatic carbocycles. The van der Waals surface area contributed by atoms with E-state index in [0.29, 0.717) is 22.9 Å². The molecule has 0 radical (unpaired) electrons. The number of anilines is 1. The summed E-state index contributed by atoms with van der Waals surface area (Å²) in [6.07, 6.45) is 2.66. The maximum absolute atomic E-state index is 12.3. The molecule has 0 unspecified atom stereocenters. The molecule has 26 heavy (non-hydrogen) atoms. The number of hydrogen-bond acceptors (Lipinski definition) is 4. The molecule has 1 fully saturated rings. The Kier molecular flexibility index (Phi) is 5.73. The maximum Gasteiger partial charge on any atom is 0.255 e. The lowest BCUT2D eigenvalue weighted by molar-refractivity contribution is -0.118. The van der Waals surface area contributed by atoms with Crippen LogP contribution in [-0.4, -0.2) is 25.0 Å². The summed E-state index contributed by atoms with van der Waals surface area (Å²) in [4.78, 5) is 23.0. The molecule has 6 nitrogen and oxygen atoms in total. The molecule has 0 heterocycles. The molecule has 0 aromatic heterocycles. The van der Waals surface area contributed by atoms with Gasteiger partial charge in [-0.25, -0.2) is 0 Å². The molecule has 0 atom stereocenters. The Morgan fingerprint density at radius 3 is 2.19 bits per heavy atom. The minimum absolute atomic E-state index is 0.166. The molecule has 1 saturated carbocycles. The van der Waals surface area contributed by atoms with Gasteiger partial charge in [0.25, 0.3) is 5.91 Å². The first-order valence-corrected chi connectivity index (χ1v) is 8.65. The number of nitrogens with one attached hydrogen (secondary N) is 1. The van der Waals surface area contributed by atoms with Gasteiger partial charge in [0, 0.05) is 11.3 Å². The van der Waals surface area contributed by atoms with Gasteiger partial charge in [0.2, 0.25) is 5.91 Å². The van der Waals surface area contributed by atoms with Crippen LogP contribution < -0.4 is 20.5 Å². The topological polar surface area (TPSA) is 90.7 Å². The average molecular weight is 354 g/mol. The molecular formula is C20H22N2O4. The van der Waals surface area contributed by atoms with Gasteiger partial charge in [-0.2, -0.15) is 0 Å². The number of hydrogen-bond donors (Lipinski definition) is 2. The summed E-state index contributed by atoms with van der Waals surface area (Å²) in [6, 6.07) is 14.1. The summed E-state index contributed by atoms with van der Waals surface area (Å²) in [5.41, 5.74) is 6.28. The van der Waals surface area contributed by atoms with Crippen LogP contribution in [0.15, 0.2) is 48.5 Å². The van der Waals surface area contributed by atoms with Crippen LogP contribution in [0.3, 0.4) is 0 Å². The Balaban J connectivity index is 1.49. The summed E-state index contributed by atoms with van der Waals surface area (Å²) >= 11 is 0. The van der Waals surface area contributed by atoms with E-state index in [1.54, 1.807) is 36.4 Å². The quantitative estimate of drug-likeness (QED) is 0.724. The summed E-state index contributed by atoms with van der Waals surface area (Å²) < 4.78 is 11.1. The van der Waals surface area contributed by atoms with E-state index in [9.17, 15) is 9.59 Å². The van der Waals surface area contributed by atoms with Gasteiger partial charge in [0.1, 0.15) is 11.5 Å². The fourth-order valence-electron chi connectivity index (χ4n) is 2.31. The Bertz CT molecular complexity index is 752. The molecule has 0 aliphatic heterocycles. The third-order valence-electron chi connectivity index (χ3n) is 4.03. The third kappa shape index (κ3) is 5.51. The first-order valence-electron chi connectivity index (χ1n) is 8.65. The second kappa shape index (κ2) is 8.38. The van der Waals surface area contributed by atoms with Gasteiger partial charge < -0.3 is 20.5 Å². The largest absolute Gasteiger partial charge is 0.493 e. The number of carbonyl (C=O) groups is 2. The molecule has 136 valence electrons. The first-order chi connectivity index (χ1) is 12.6. The lowest BCUT2D eigenvalue weighted by Gasteiger charge is -2.09. The van der Waals surface area contributed by atoms with Crippen molar-refractivity contribution in [1.29, 1.82) is 0 Å². The highest BCUT2D eigenvalue weighted by Crippen LogP contribution is 2.29. The van der Waals surface area contributed by atoms with Crippen molar-refractivity contribution in [3.8, 4) is 11.5 Å². The van der Waals surface area contributed by atoms with E-state index in [-0.39, 0.29) is 18.9 Å². The van der Waals surface area contributed by atoms with E-state index in [4.69, 9.17) is 15.2 Å². The molecule has 0 saturated heterocycles. The fourth-order valence-corrected chi connectivity index (χ4v) is 2.31. The standard InChI is InChI=1S/C20H22N2O4/c21-19(23)11-12-25-17-9-5-16(6-10-17)22-20(24)15-3-7-18(8-4-15)26-13-14-1-2-14/h3-10,14H,1-2,11-13H2,(H2,21,23)(H,22,24). The van der Waals surface area contributed by atoms with Crippen LogP contribution >= 0.6 is 0 Å². The van der Waals surface area contributed by atoms with E-state index in [1.165, 1.54) is 12.8 Å². The second-order valence-electron chi connectivity index (χ2n) is 6.32. The predicted octanol–water partition coefficient (Wildman–Crippen LogP) is 2.98. The van der Waals surface area contributed by atoms with Crippen LogP contribution in [0.25, 0.3) is 0 Å². The highest BCUT2D eigenvalue weighted by Gasteiger charge is 2.21. The van der Waals surface area contributed by atoms with E-state index in [2.05, 4.69) is 5.32 Å². The van der Waals surface area contributed by atoms with Gasteiger partial charge in [0.05, 0.1) is 19.6 Å². The summed E-state index contributed by atoms with van der Waals surface area (Å²) in [7, 11) is 0. The Morgan fingerprint density at radius 2 is 1.58 bits per heavy atom. The molecule has 2 amide bonds. The van der Waals surface area contributed by atoms with Crippen molar-refractivity contribution in [2.24, 2.45) is 11.7 Å². The van der Waals surface area contributed by atoms with Crippen molar-refractivity contribution in [3.05, 3.63) is 54.1 Å². The van der Waals surface area contributed by atoms with Crippen LogP contribution in [0.5, 0.6) is 11.5 Å². The number of primary amides is 1. The zero-order valence-electron chi connectivity index (χ0n) is 14.4. The SMILES string of the molecule is NC(=O)CCOc1ccc(NC(=O)c2ccc(OCC3CC3)cc2)cc1. The fraction of sp³-hybridized carbons (Fsp3) is 0.300. The van der Waals surface area contributed by atoms with E-state index in [1.807, 2.05) is 12.1 Å². The van der Waals surface area contributed by atoms with Crippen molar-refractivity contribution in [2.75, 3.05) is 18.5 Å². The number of benzene rings is 2. The highest BCUT2D eigenvalue weighted by molar-refractivity contribution is 6.04. The van der Waals surface area contributed by atoms with Crippen molar-refractivity contribution < 1.29 is 19.1 Å². The molecule has 1 aliphatic rings. The van der Waals surface area contributed by atoms with Crippen LogP contribution in [0, 0.1) is 5.92 Å². The average Bonchev–Trinajstić information content (AvgIpc) is 3.46. The van der Waals surface area contributed by atoms with Gasteiger partial charge in [-0.15, -0.1) is 0 Å². The minimum Gasteiger partial charge on any atom is -0.493 e. The normalized spacial score (nSPS) is 13.1. The second-order valence-corrected chi connectivity index (χ2v) is 6.32. The van der Waals surface area contributed by atoms with Crippen LogP contribution in [0.2, 0.25) is 0 Å². The number of rotatable bonds is 9. The number of ether oxygens (including phenoxy) is 2. The lowest BCUT2D eigenvalue weighted by atomic mass is 10.2. The van der Waals surface area contributed by atoms with Crippen molar-refractivity contribution in [1.82, 2.24) is 0 Å². The van der Waals surface area contributed by atoms with E-state index < -0.39 is 5.91 Å². The molecule has 3 N–H and O–H groups in total. The van der Waals surface area contributed by atoms with E-state index >= 15 is 0 Å². The summed E-state index contributed by atoms with van der Waals surface area (Å²) in [5, 5.41) is 2.83. The molecular weight excluding hydrogens is 332 g/mol. The lowest BCUT2D eigenvalue weighted by Crippen LogP contribution is -2.14. The maximum atomic E-state index is 12.3. The first kappa shape index (κ1) is 17.8. The van der Waals surface area contributed by atoms with E-state index in [0.717, 1.165) is 12.4 Å². The monoisotopic (exact) mass is 354 g/mol. The Morgan fingerprint density at radius 1 is 0.962 bits per heavy atom.